The Hall–Kier alpha value is -2.82. The monoisotopic (exact) mass is 280 g/mol. The topological polar surface area (TPSA) is 69.3 Å². The highest BCUT2D eigenvalue weighted by molar-refractivity contribution is 5.82. The molecule has 0 aliphatic heterocycles. The Morgan fingerprint density at radius 1 is 1.24 bits per heavy atom. The van der Waals surface area contributed by atoms with Crippen molar-refractivity contribution in [1.29, 1.82) is 0 Å². The van der Waals surface area contributed by atoms with Crippen LogP contribution in [0.5, 0.6) is 0 Å². The molecular weight excluding hydrogens is 264 g/mol. The first-order chi connectivity index (χ1) is 10.1. The van der Waals surface area contributed by atoms with Crippen molar-refractivity contribution < 1.29 is 4.42 Å². The second kappa shape index (κ2) is 5.28. The molecule has 0 saturated carbocycles. The fourth-order valence-electron chi connectivity index (χ4n) is 2.09. The van der Waals surface area contributed by atoms with E-state index >= 15 is 0 Å². The van der Waals surface area contributed by atoms with Gasteiger partial charge < -0.3 is 10.2 Å². The zero-order valence-electron chi connectivity index (χ0n) is 11.9. The first-order valence-corrected chi connectivity index (χ1v) is 6.64. The number of nitrogens with two attached hydrogens (primary N) is 1. The van der Waals surface area contributed by atoms with Gasteiger partial charge >= 0.3 is 0 Å². The third-order valence-corrected chi connectivity index (χ3v) is 3.08. The Labute approximate surface area is 122 Å². The predicted octanol–water partition coefficient (Wildman–Crippen LogP) is 3.22. The summed E-state index contributed by atoms with van der Waals surface area (Å²) < 4.78 is 7.18. The summed E-state index contributed by atoms with van der Waals surface area (Å²) in [6.07, 6.45) is 3.53. The van der Waals surface area contributed by atoms with Gasteiger partial charge in [-0.25, -0.2) is 9.66 Å². The molecule has 0 fully saturated rings. The van der Waals surface area contributed by atoms with E-state index in [1.165, 1.54) is 0 Å². The van der Waals surface area contributed by atoms with Crippen LogP contribution in [0.4, 0.5) is 5.95 Å². The molecule has 1 aromatic carbocycles. The second-order valence-electron chi connectivity index (χ2n) is 4.87. The van der Waals surface area contributed by atoms with Crippen LogP contribution in [0.25, 0.3) is 11.3 Å². The maximum absolute atomic E-state index is 5.75. The molecule has 3 aromatic rings. The first-order valence-electron chi connectivity index (χ1n) is 6.64. The van der Waals surface area contributed by atoms with Crippen LogP contribution in [0.1, 0.15) is 17.0 Å². The number of nitrogens with zero attached hydrogens (tertiary/aromatic N) is 3. The zero-order chi connectivity index (χ0) is 14.8. The number of rotatable bonds is 3. The molecule has 0 radical (unpaired) electrons. The van der Waals surface area contributed by atoms with Crippen molar-refractivity contribution in [2.24, 2.45) is 5.10 Å². The second-order valence-corrected chi connectivity index (χ2v) is 4.87. The molecule has 0 aliphatic rings. The molecule has 106 valence electrons. The van der Waals surface area contributed by atoms with Gasteiger partial charge in [-0.2, -0.15) is 5.10 Å². The van der Waals surface area contributed by atoms with Gasteiger partial charge in [0.25, 0.3) is 0 Å². The summed E-state index contributed by atoms with van der Waals surface area (Å²) in [7, 11) is 0. The van der Waals surface area contributed by atoms with E-state index in [0.29, 0.717) is 5.95 Å². The van der Waals surface area contributed by atoms with Crippen LogP contribution in [0.15, 0.2) is 52.1 Å². The van der Waals surface area contributed by atoms with Crippen molar-refractivity contribution in [2.75, 3.05) is 5.73 Å². The molecule has 5 heteroatoms. The lowest BCUT2D eigenvalue weighted by Crippen LogP contribution is -1.97. The van der Waals surface area contributed by atoms with Gasteiger partial charge in [-0.05, 0) is 37.6 Å². The average molecular weight is 280 g/mol. The van der Waals surface area contributed by atoms with Crippen molar-refractivity contribution in [3.63, 3.8) is 0 Å². The maximum Gasteiger partial charge on any atom is 0.221 e. The van der Waals surface area contributed by atoms with E-state index in [1.54, 1.807) is 17.1 Å². The molecule has 5 nitrogen and oxygen atoms in total. The molecule has 21 heavy (non-hydrogen) atoms. The van der Waals surface area contributed by atoms with Crippen molar-refractivity contribution in [3.05, 3.63) is 59.6 Å². The number of anilines is 1. The van der Waals surface area contributed by atoms with Gasteiger partial charge in [0.1, 0.15) is 11.5 Å². The quantitative estimate of drug-likeness (QED) is 0.749. The summed E-state index contributed by atoms with van der Waals surface area (Å²) >= 11 is 0. The highest BCUT2D eigenvalue weighted by atomic mass is 16.3. The highest BCUT2D eigenvalue weighted by Crippen LogP contribution is 2.22. The van der Waals surface area contributed by atoms with E-state index in [2.05, 4.69) is 10.1 Å². The molecule has 0 aliphatic carbocycles. The first kappa shape index (κ1) is 13.2. The molecule has 0 spiro atoms. The minimum atomic E-state index is 0.376. The van der Waals surface area contributed by atoms with Crippen LogP contribution in [0.3, 0.4) is 0 Å². The number of furan rings is 1. The number of aryl methyl sites for hydroxylation is 2. The SMILES string of the molecule is Cc1cn(N=Cc2cccc(-c3ccc(C)o3)c2)c(N)n1. The molecule has 0 atom stereocenters. The summed E-state index contributed by atoms with van der Waals surface area (Å²) in [5.74, 6) is 2.12. The summed E-state index contributed by atoms with van der Waals surface area (Å²) in [5, 5.41) is 4.31. The molecule has 2 N–H and O–H groups in total. The molecule has 0 unspecified atom stereocenters. The van der Waals surface area contributed by atoms with Crippen LogP contribution in [-0.2, 0) is 0 Å². The van der Waals surface area contributed by atoms with Crippen molar-refractivity contribution in [2.45, 2.75) is 13.8 Å². The Morgan fingerprint density at radius 3 is 2.76 bits per heavy atom. The summed E-state index contributed by atoms with van der Waals surface area (Å²) in [6.45, 7) is 3.81. The Kier molecular flexibility index (Phi) is 3.31. The number of benzene rings is 1. The van der Waals surface area contributed by atoms with Crippen LogP contribution >= 0.6 is 0 Å². The number of aromatic nitrogens is 2. The fourth-order valence-corrected chi connectivity index (χ4v) is 2.09. The standard InChI is InChI=1S/C16H16N4O/c1-11-10-20(16(17)19-11)18-9-13-4-3-5-14(8-13)15-7-6-12(2)21-15/h3-10H,1-2H3,(H2,17,19). The minimum absolute atomic E-state index is 0.376. The number of imidazole rings is 1. The van der Waals surface area contributed by atoms with Crippen molar-refractivity contribution >= 4 is 12.2 Å². The van der Waals surface area contributed by atoms with E-state index in [4.69, 9.17) is 10.2 Å². The lowest BCUT2D eigenvalue weighted by atomic mass is 10.1. The molecule has 0 saturated heterocycles. The molecule has 2 aromatic heterocycles. The fraction of sp³-hybridized carbons (Fsp3) is 0.125. The Balaban J connectivity index is 1.88. The van der Waals surface area contributed by atoms with Gasteiger partial charge in [0.15, 0.2) is 0 Å². The smallest absolute Gasteiger partial charge is 0.221 e. The van der Waals surface area contributed by atoms with Crippen LogP contribution < -0.4 is 5.73 Å². The van der Waals surface area contributed by atoms with Crippen LogP contribution in [0, 0.1) is 13.8 Å². The van der Waals surface area contributed by atoms with Gasteiger partial charge in [-0.1, -0.05) is 18.2 Å². The third-order valence-electron chi connectivity index (χ3n) is 3.08. The van der Waals surface area contributed by atoms with E-state index in [1.807, 2.05) is 50.2 Å². The van der Waals surface area contributed by atoms with E-state index in [9.17, 15) is 0 Å². The van der Waals surface area contributed by atoms with Crippen LogP contribution in [-0.4, -0.2) is 15.9 Å². The van der Waals surface area contributed by atoms with E-state index < -0.39 is 0 Å². The maximum atomic E-state index is 5.75. The molecule has 2 heterocycles. The minimum Gasteiger partial charge on any atom is -0.461 e. The van der Waals surface area contributed by atoms with Gasteiger partial charge in [-0.15, -0.1) is 0 Å². The number of hydrogen-bond acceptors (Lipinski definition) is 4. The summed E-state index contributed by atoms with van der Waals surface area (Å²) in [6, 6.07) is 11.9. The molecule has 0 bridgehead atoms. The largest absolute Gasteiger partial charge is 0.461 e. The van der Waals surface area contributed by atoms with Crippen LogP contribution in [0.2, 0.25) is 0 Å². The molecule has 3 rings (SSSR count). The lowest BCUT2D eigenvalue weighted by Gasteiger charge is -1.99. The zero-order valence-corrected chi connectivity index (χ0v) is 11.9. The van der Waals surface area contributed by atoms with Crippen molar-refractivity contribution in [3.8, 4) is 11.3 Å². The Bertz CT molecular complexity index is 798. The van der Waals surface area contributed by atoms with E-state index in [-0.39, 0.29) is 0 Å². The highest BCUT2D eigenvalue weighted by Gasteiger charge is 2.03. The third kappa shape index (κ3) is 2.86. The summed E-state index contributed by atoms with van der Waals surface area (Å²) in [5.41, 5.74) is 8.57. The lowest BCUT2D eigenvalue weighted by molar-refractivity contribution is 0.548. The molecule has 0 amide bonds. The average Bonchev–Trinajstić information content (AvgIpc) is 3.03. The van der Waals surface area contributed by atoms with E-state index in [0.717, 1.165) is 28.3 Å². The van der Waals surface area contributed by atoms with Crippen molar-refractivity contribution in [1.82, 2.24) is 9.66 Å². The van der Waals surface area contributed by atoms with Gasteiger partial charge in [0.2, 0.25) is 5.95 Å². The normalized spacial score (nSPS) is 11.3. The molecular formula is C16H16N4O. The summed E-state index contributed by atoms with van der Waals surface area (Å²) in [4.78, 5) is 4.10. The van der Waals surface area contributed by atoms with Gasteiger partial charge in [0, 0.05) is 5.56 Å². The Morgan fingerprint density at radius 2 is 2.10 bits per heavy atom. The van der Waals surface area contributed by atoms with Gasteiger partial charge in [-0.3, -0.25) is 0 Å². The van der Waals surface area contributed by atoms with Gasteiger partial charge in [0.05, 0.1) is 18.1 Å². The number of nitrogen functional groups attached to an aromatic ring is 1. The predicted molar refractivity (Wildman–Crippen MR) is 83.2 cm³/mol. The number of hydrogen-bond donors (Lipinski definition) is 1.